The van der Waals surface area contributed by atoms with E-state index in [4.69, 9.17) is 23.2 Å². The van der Waals surface area contributed by atoms with Gasteiger partial charge in [0.2, 0.25) is 5.91 Å². The van der Waals surface area contributed by atoms with Crippen molar-refractivity contribution in [3.05, 3.63) is 82.1 Å². The Hall–Kier alpha value is -2.81. The molecule has 0 aliphatic carbocycles. The molecule has 0 aliphatic rings. The second kappa shape index (κ2) is 11.2. The summed E-state index contributed by atoms with van der Waals surface area (Å²) in [6.07, 6.45) is 1.70. The van der Waals surface area contributed by atoms with Crippen LogP contribution in [0.2, 0.25) is 10.0 Å². The fourth-order valence-electron chi connectivity index (χ4n) is 2.85. The van der Waals surface area contributed by atoms with Crippen molar-refractivity contribution in [2.45, 2.75) is 25.2 Å². The maximum Gasteiger partial charge on any atom is 0.251 e. The van der Waals surface area contributed by atoms with E-state index in [1.807, 2.05) is 29.7 Å². The number of amides is 2. The summed E-state index contributed by atoms with van der Waals surface area (Å²) in [5.41, 5.74) is 2.05. The zero-order valence-corrected chi connectivity index (χ0v) is 19.6. The largest absolute Gasteiger partial charge is 0.345 e. The summed E-state index contributed by atoms with van der Waals surface area (Å²) in [6, 6.07) is 12.2. The van der Waals surface area contributed by atoms with Crippen LogP contribution in [0.3, 0.4) is 0 Å². The van der Waals surface area contributed by atoms with Crippen molar-refractivity contribution in [1.29, 1.82) is 0 Å². The third-order valence-electron chi connectivity index (χ3n) is 4.44. The third-order valence-corrected chi connectivity index (χ3v) is 6.14. The van der Waals surface area contributed by atoms with E-state index in [0.29, 0.717) is 38.8 Å². The Morgan fingerprint density at radius 1 is 1.16 bits per heavy atom. The number of halogens is 2. The second-order valence-electron chi connectivity index (χ2n) is 6.76. The first-order valence-electron chi connectivity index (χ1n) is 9.63. The zero-order chi connectivity index (χ0) is 23.1. The highest BCUT2D eigenvalue weighted by atomic mass is 35.5. The van der Waals surface area contributed by atoms with Gasteiger partial charge in [0.1, 0.15) is 0 Å². The lowest BCUT2D eigenvalue weighted by molar-refractivity contribution is -0.113. The maximum absolute atomic E-state index is 12.5. The first-order valence-corrected chi connectivity index (χ1v) is 11.4. The first-order chi connectivity index (χ1) is 15.4. The molecule has 0 spiro atoms. The molecule has 0 bridgehead atoms. The normalized spacial score (nSPS) is 10.6. The molecule has 2 amide bonds. The number of hydrogen-bond donors (Lipinski definition) is 2. The quantitative estimate of drug-likeness (QED) is 0.334. The highest BCUT2D eigenvalue weighted by Crippen LogP contribution is 2.25. The first kappa shape index (κ1) is 23.8. The predicted molar refractivity (Wildman–Crippen MR) is 128 cm³/mol. The highest BCUT2D eigenvalue weighted by molar-refractivity contribution is 7.99. The van der Waals surface area contributed by atoms with Crippen LogP contribution in [-0.4, -0.2) is 32.3 Å². The van der Waals surface area contributed by atoms with Gasteiger partial charge in [0.05, 0.1) is 22.3 Å². The number of nitrogens with one attached hydrogen (secondary N) is 2. The lowest BCUT2D eigenvalue weighted by Crippen LogP contribution is -2.25. The summed E-state index contributed by atoms with van der Waals surface area (Å²) in [5, 5.41) is 15.3. The molecule has 7 nitrogen and oxygen atoms in total. The summed E-state index contributed by atoms with van der Waals surface area (Å²) >= 11 is 13.1. The van der Waals surface area contributed by atoms with Gasteiger partial charge in [-0.05, 0) is 36.8 Å². The van der Waals surface area contributed by atoms with Gasteiger partial charge in [-0.3, -0.25) is 9.59 Å². The Balaban J connectivity index is 1.61. The van der Waals surface area contributed by atoms with Crippen LogP contribution in [0.15, 0.2) is 60.3 Å². The number of rotatable bonds is 9. The van der Waals surface area contributed by atoms with Crippen molar-refractivity contribution >= 4 is 52.5 Å². The van der Waals surface area contributed by atoms with E-state index in [-0.39, 0.29) is 24.1 Å². The number of aromatic nitrogens is 3. The number of anilines is 1. The van der Waals surface area contributed by atoms with E-state index in [1.165, 1.54) is 11.8 Å². The van der Waals surface area contributed by atoms with E-state index < -0.39 is 0 Å². The fraction of sp³-hybridized carbons (Fsp3) is 0.182. The average Bonchev–Trinajstić information content (AvgIpc) is 3.15. The molecule has 10 heteroatoms. The van der Waals surface area contributed by atoms with Crippen LogP contribution in [0.25, 0.3) is 0 Å². The summed E-state index contributed by atoms with van der Waals surface area (Å²) in [6.45, 7) is 6.29. The molecule has 0 saturated heterocycles. The molecule has 0 fully saturated rings. The molecule has 3 aromatic rings. The van der Waals surface area contributed by atoms with Crippen molar-refractivity contribution in [1.82, 2.24) is 20.1 Å². The van der Waals surface area contributed by atoms with Crippen molar-refractivity contribution < 1.29 is 9.59 Å². The van der Waals surface area contributed by atoms with Gasteiger partial charge in [0, 0.05) is 17.8 Å². The monoisotopic (exact) mass is 489 g/mol. The van der Waals surface area contributed by atoms with E-state index >= 15 is 0 Å². The van der Waals surface area contributed by atoms with Gasteiger partial charge in [-0.25, -0.2) is 0 Å². The van der Waals surface area contributed by atoms with Crippen molar-refractivity contribution in [2.24, 2.45) is 0 Å². The average molecular weight is 490 g/mol. The standard InChI is InChI=1S/C22H21Cl2N5O2S/c1-3-10-29-19(12-25-21(31)16-7-5-4-6-14(16)2)27-28-22(29)32-13-20(30)26-15-8-9-17(23)18(24)11-15/h3-9,11H,1,10,12-13H2,2H3,(H,25,31)(H,26,30). The number of aryl methyl sites for hydroxylation is 1. The lowest BCUT2D eigenvalue weighted by atomic mass is 10.1. The summed E-state index contributed by atoms with van der Waals surface area (Å²) in [5.74, 6) is 0.270. The molecule has 0 aliphatic heterocycles. The van der Waals surface area contributed by atoms with Crippen molar-refractivity contribution in [2.75, 3.05) is 11.1 Å². The van der Waals surface area contributed by atoms with Gasteiger partial charge >= 0.3 is 0 Å². The van der Waals surface area contributed by atoms with Crippen LogP contribution in [0.4, 0.5) is 5.69 Å². The van der Waals surface area contributed by atoms with Crippen LogP contribution < -0.4 is 10.6 Å². The van der Waals surface area contributed by atoms with E-state index in [0.717, 1.165) is 5.56 Å². The number of carbonyl (C=O) groups is 2. The number of benzene rings is 2. The summed E-state index contributed by atoms with van der Waals surface area (Å²) in [7, 11) is 0. The van der Waals surface area contributed by atoms with Crippen LogP contribution in [0, 0.1) is 6.92 Å². The molecular formula is C22H21Cl2N5O2S. The minimum absolute atomic E-state index is 0.116. The molecule has 32 heavy (non-hydrogen) atoms. The number of carbonyl (C=O) groups excluding carboxylic acids is 2. The van der Waals surface area contributed by atoms with Crippen LogP contribution in [0.1, 0.15) is 21.7 Å². The molecule has 1 aromatic heterocycles. The van der Waals surface area contributed by atoms with Gasteiger partial charge in [-0.1, -0.05) is 59.2 Å². The Morgan fingerprint density at radius 2 is 1.94 bits per heavy atom. The van der Waals surface area contributed by atoms with Gasteiger partial charge < -0.3 is 15.2 Å². The lowest BCUT2D eigenvalue weighted by Gasteiger charge is -2.10. The van der Waals surface area contributed by atoms with E-state index in [2.05, 4.69) is 27.4 Å². The van der Waals surface area contributed by atoms with Crippen LogP contribution in [0.5, 0.6) is 0 Å². The number of allylic oxidation sites excluding steroid dienone is 1. The molecule has 0 radical (unpaired) electrons. The summed E-state index contributed by atoms with van der Waals surface area (Å²) < 4.78 is 1.81. The van der Waals surface area contributed by atoms with Gasteiger partial charge in [0.25, 0.3) is 5.91 Å². The second-order valence-corrected chi connectivity index (χ2v) is 8.52. The molecule has 2 N–H and O–H groups in total. The Morgan fingerprint density at radius 3 is 2.66 bits per heavy atom. The molecule has 0 saturated carbocycles. The Kier molecular flexibility index (Phi) is 8.33. The minimum atomic E-state index is -0.226. The van der Waals surface area contributed by atoms with Gasteiger partial charge in [0.15, 0.2) is 11.0 Å². The maximum atomic E-state index is 12.5. The molecule has 2 aromatic carbocycles. The Bertz CT molecular complexity index is 1150. The molecular weight excluding hydrogens is 469 g/mol. The fourth-order valence-corrected chi connectivity index (χ4v) is 3.92. The highest BCUT2D eigenvalue weighted by Gasteiger charge is 2.15. The molecule has 0 unspecified atom stereocenters. The zero-order valence-electron chi connectivity index (χ0n) is 17.3. The topological polar surface area (TPSA) is 88.9 Å². The number of hydrogen-bond acceptors (Lipinski definition) is 5. The van der Waals surface area contributed by atoms with Gasteiger partial charge in [-0.15, -0.1) is 16.8 Å². The Labute approximate surface area is 200 Å². The number of nitrogens with zero attached hydrogens (tertiary/aromatic N) is 3. The molecule has 166 valence electrons. The smallest absolute Gasteiger partial charge is 0.251 e. The van der Waals surface area contributed by atoms with Crippen LogP contribution in [-0.2, 0) is 17.9 Å². The predicted octanol–water partition coefficient (Wildman–Crippen LogP) is 4.74. The van der Waals surface area contributed by atoms with E-state index in [9.17, 15) is 9.59 Å². The van der Waals surface area contributed by atoms with Crippen LogP contribution >= 0.6 is 35.0 Å². The SMILES string of the molecule is C=CCn1c(CNC(=O)c2ccccc2C)nnc1SCC(=O)Nc1ccc(Cl)c(Cl)c1. The third kappa shape index (κ3) is 6.12. The number of thioether (sulfide) groups is 1. The van der Waals surface area contributed by atoms with Gasteiger partial charge in [-0.2, -0.15) is 0 Å². The summed E-state index contributed by atoms with van der Waals surface area (Å²) in [4.78, 5) is 24.8. The molecule has 1 heterocycles. The van der Waals surface area contributed by atoms with E-state index in [1.54, 1.807) is 30.3 Å². The minimum Gasteiger partial charge on any atom is -0.345 e. The van der Waals surface area contributed by atoms with Crippen molar-refractivity contribution in [3.63, 3.8) is 0 Å². The molecule has 3 rings (SSSR count). The molecule has 0 atom stereocenters. The van der Waals surface area contributed by atoms with Crippen molar-refractivity contribution in [3.8, 4) is 0 Å².